The van der Waals surface area contributed by atoms with E-state index in [9.17, 15) is 0 Å². The van der Waals surface area contributed by atoms with Gasteiger partial charge in [0.15, 0.2) is 5.69 Å². The van der Waals surface area contributed by atoms with Crippen molar-refractivity contribution in [1.82, 2.24) is 29.9 Å². The molecule has 27 heavy (non-hydrogen) atoms. The van der Waals surface area contributed by atoms with Gasteiger partial charge in [-0.3, -0.25) is 4.68 Å². The molecule has 4 aromatic rings. The molecule has 138 valence electrons. The molecule has 0 atom stereocenters. The summed E-state index contributed by atoms with van der Waals surface area (Å²) in [6.07, 6.45) is 4.84. The van der Waals surface area contributed by atoms with Gasteiger partial charge in [-0.25, -0.2) is 4.98 Å². The highest BCUT2D eigenvalue weighted by Crippen LogP contribution is 2.39. The van der Waals surface area contributed by atoms with Gasteiger partial charge in [-0.05, 0) is 49.8 Å². The molecule has 3 aromatic heterocycles. The summed E-state index contributed by atoms with van der Waals surface area (Å²) in [7, 11) is 0. The Hall–Kier alpha value is -2.96. The highest BCUT2D eigenvalue weighted by molar-refractivity contribution is 5.80. The molecule has 3 heterocycles. The van der Waals surface area contributed by atoms with E-state index >= 15 is 0 Å². The Kier molecular flexibility index (Phi) is 3.47. The first-order valence-electron chi connectivity index (χ1n) is 9.40. The average molecular weight is 362 g/mol. The van der Waals surface area contributed by atoms with E-state index in [2.05, 4.69) is 45.6 Å². The number of H-pyrrole nitrogens is 1. The van der Waals surface area contributed by atoms with Crippen LogP contribution in [-0.2, 0) is 19.4 Å². The summed E-state index contributed by atoms with van der Waals surface area (Å²) < 4.78 is 7.70. The number of imidazole rings is 1. The molecule has 5 rings (SSSR count). The monoisotopic (exact) mass is 362 g/mol. The first-order chi connectivity index (χ1) is 13.0. The van der Waals surface area contributed by atoms with Gasteiger partial charge in [-0.1, -0.05) is 19.0 Å². The highest BCUT2D eigenvalue weighted by Gasteiger charge is 2.32. The summed E-state index contributed by atoms with van der Waals surface area (Å²) in [4.78, 5) is 12.0. The van der Waals surface area contributed by atoms with Crippen LogP contribution in [0.1, 0.15) is 38.4 Å². The first-order valence-corrected chi connectivity index (χ1v) is 9.40. The molecule has 7 heteroatoms. The molecule has 0 fully saturated rings. The quantitative estimate of drug-likeness (QED) is 0.595. The second kappa shape index (κ2) is 5.77. The van der Waals surface area contributed by atoms with Crippen LogP contribution in [0.5, 0.6) is 0 Å². The maximum atomic E-state index is 5.61. The van der Waals surface area contributed by atoms with E-state index in [4.69, 9.17) is 9.62 Å². The molecular weight excluding hydrogens is 340 g/mol. The predicted octanol–water partition coefficient (Wildman–Crippen LogP) is 4.01. The van der Waals surface area contributed by atoms with Gasteiger partial charge in [0.2, 0.25) is 5.82 Å². The Balaban J connectivity index is 1.56. The summed E-state index contributed by atoms with van der Waals surface area (Å²) in [6.45, 7) is 7.60. The van der Waals surface area contributed by atoms with Crippen molar-refractivity contribution in [2.75, 3.05) is 0 Å². The van der Waals surface area contributed by atoms with E-state index in [0.29, 0.717) is 17.1 Å². The molecule has 0 saturated heterocycles. The van der Waals surface area contributed by atoms with Gasteiger partial charge in [-0.15, -0.1) is 0 Å². The van der Waals surface area contributed by atoms with Crippen LogP contribution in [0.2, 0.25) is 0 Å². The van der Waals surface area contributed by atoms with E-state index in [-0.39, 0.29) is 0 Å². The Morgan fingerprint density at radius 3 is 3.04 bits per heavy atom. The molecule has 1 N–H and O–H groups in total. The standard InChI is InChI=1S/C20H22N6O/c1-4-26-16-10-20(2,3)8-7-13(16)17(24-26)19-23-18(25-27-19)12-5-6-14-15(9-12)22-11-21-14/h5-6,9,11H,4,7-8,10H2,1-3H3,(H,21,22). The minimum Gasteiger partial charge on any atom is -0.345 e. The molecule has 0 unspecified atom stereocenters. The van der Waals surface area contributed by atoms with Crippen molar-refractivity contribution in [3.8, 4) is 23.0 Å². The number of hydrogen-bond donors (Lipinski definition) is 1. The van der Waals surface area contributed by atoms with Crippen molar-refractivity contribution < 1.29 is 4.52 Å². The van der Waals surface area contributed by atoms with E-state index in [1.165, 1.54) is 11.3 Å². The van der Waals surface area contributed by atoms with Crippen LogP contribution in [0.25, 0.3) is 34.0 Å². The molecule has 1 aromatic carbocycles. The lowest BCUT2D eigenvalue weighted by atomic mass is 9.76. The number of nitrogens with zero attached hydrogens (tertiary/aromatic N) is 5. The molecule has 0 radical (unpaired) electrons. The third-order valence-corrected chi connectivity index (χ3v) is 5.47. The van der Waals surface area contributed by atoms with Crippen LogP contribution in [0.4, 0.5) is 0 Å². The Labute approximate surface area is 156 Å². The maximum absolute atomic E-state index is 5.61. The zero-order valence-electron chi connectivity index (χ0n) is 15.8. The topological polar surface area (TPSA) is 85.4 Å². The molecule has 0 spiro atoms. The van der Waals surface area contributed by atoms with Crippen molar-refractivity contribution in [1.29, 1.82) is 0 Å². The Morgan fingerprint density at radius 1 is 1.30 bits per heavy atom. The summed E-state index contributed by atoms with van der Waals surface area (Å²) in [5, 5.41) is 9.00. The van der Waals surface area contributed by atoms with Gasteiger partial charge >= 0.3 is 0 Å². The van der Waals surface area contributed by atoms with Gasteiger partial charge in [0.1, 0.15) is 0 Å². The fourth-order valence-electron chi connectivity index (χ4n) is 3.94. The van der Waals surface area contributed by atoms with Gasteiger partial charge in [0.05, 0.1) is 17.4 Å². The van der Waals surface area contributed by atoms with Crippen LogP contribution < -0.4 is 0 Å². The molecule has 1 aliphatic rings. The largest absolute Gasteiger partial charge is 0.345 e. The number of aromatic nitrogens is 6. The van der Waals surface area contributed by atoms with Crippen LogP contribution in [0, 0.1) is 5.41 Å². The lowest BCUT2D eigenvalue weighted by Crippen LogP contribution is -2.24. The van der Waals surface area contributed by atoms with Crippen molar-refractivity contribution in [2.45, 2.75) is 46.6 Å². The zero-order valence-corrected chi connectivity index (χ0v) is 15.8. The highest BCUT2D eigenvalue weighted by atomic mass is 16.5. The summed E-state index contributed by atoms with van der Waals surface area (Å²) in [5.41, 5.74) is 6.47. The molecule has 1 aliphatic carbocycles. The third kappa shape index (κ3) is 2.65. The Morgan fingerprint density at radius 2 is 2.19 bits per heavy atom. The lowest BCUT2D eigenvalue weighted by Gasteiger charge is -2.30. The van der Waals surface area contributed by atoms with Crippen LogP contribution in [0.3, 0.4) is 0 Å². The molecule has 0 amide bonds. The summed E-state index contributed by atoms with van der Waals surface area (Å²) >= 11 is 0. The summed E-state index contributed by atoms with van der Waals surface area (Å²) in [6, 6.07) is 5.90. The van der Waals surface area contributed by atoms with Crippen molar-refractivity contribution in [2.24, 2.45) is 5.41 Å². The smallest absolute Gasteiger partial charge is 0.279 e. The van der Waals surface area contributed by atoms with Gasteiger partial charge in [0, 0.05) is 23.4 Å². The SMILES string of the molecule is CCn1nc(-c2nc(-c3ccc4nc[nH]c4c3)no2)c2c1CC(C)(C)CC2. The number of fused-ring (bicyclic) bond motifs is 2. The minimum absolute atomic E-state index is 0.302. The van der Waals surface area contributed by atoms with Crippen molar-refractivity contribution in [3.63, 3.8) is 0 Å². The van der Waals surface area contributed by atoms with Crippen molar-refractivity contribution in [3.05, 3.63) is 35.8 Å². The zero-order chi connectivity index (χ0) is 18.6. The number of rotatable bonds is 3. The third-order valence-electron chi connectivity index (χ3n) is 5.47. The summed E-state index contributed by atoms with van der Waals surface area (Å²) in [5.74, 6) is 1.07. The van der Waals surface area contributed by atoms with E-state index < -0.39 is 0 Å². The predicted molar refractivity (Wildman–Crippen MR) is 102 cm³/mol. The van der Waals surface area contributed by atoms with Gasteiger partial charge in [0.25, 0.3) is 5.89 Å². The number of aromatic amines is 1. The van der Waals surface area contributed by atoms with Gasteiger partial charge < -0.3 is 9.51 Å². The molecule has 0 saturated carbocycles. The van der Waals surface area contributed by atoms with E-state index in [1.807, 2.05) is 18.2 Å². The van der Waals surface area contributed by atoms with Gasteiger partial charge in [-0.2, -0.15) is 10.1 Å². The molecule has 0 bridgehead atoms. The van der Waals surface area contributed by atoms with Crippen LogP contribution in [-0.4, -0.2) is 29.9 Å². The van der Waals surface area contributed by atoms with E-state index in [1.54, 1.807) is 6.33 Å². The molecule has 0 aliphatic heterocycles. The fraction of sp³-hybridized carbons (Fsp3) is 0.400. The van der Waals surface area contributed by atoms with Crippen LogP contribution in [0.15, 0.2) is 29.0 Å². The second-order valence-electron chi connectivity index (χ2n) is 7.99. The maximum Gasteiger partial charge on any atom is 0.279 e. The number of benzene rings is 1. The van der Waals surface area contributed by atoms with Crippen LogP contribution >= 0.6 is 0 Å². The second-order valence-corrected chi connectivity index (χ2v) is 7.99. The molecule has 7 nitrogen and oxygen atoms in total. The average Bonchev–Trinajstić information content (AvgIpc) is 3.37. The minimum atomic E-state index is 0.302. The van der Waals surface area contributed by atoms with E-state index in [0.717, 1.165) is 48.1 Å². The Bertz CT molecular complexity index is 1130. The van der Waals surface area contributed by atoms with Crippen molar-refractivity contribution >= 4 is 11.0 Å². The number of aryl methyl sites for hydroxylation is 1. The first kappa shape index (κ1) is 16.2. The molecular formula is C20H22N6O. The number of nitrogens with one attached hydrogen (secondary N) is 1. The number of hydrogen-bond acceptors (Lipinski definition) is 5. The fourth-order valence-corrected chi connectivity index (χ4v) is 3.94. The normalized spacial score (nSPS) is 16.0. The lowest BCUT2D eigenvalue weighted by molar-refractivity contribution is 0.304.